The molecule has 3 rings (SSSR count). The molecule has 3 nitrogen and oxygen atoms in total. The van der Waals surface area contributed by atoms with Gasteiger partial charge in [0.1, 0.15) is 0 Å². The zero-order chi connectivity index (χ0) is 13.5. The fraction of sp³-hybridized carbons (Fsp3) is 0.467. The van der Waals surface area contributed by atoms with E-state index < -0.39 is 0 Å². The van der Waals surface area contributed by atoms with E-state index >= 15 is 0 Å². The van der Waals surface area contributed by atoms with Crippen molar-refractivity contribution in [3.63, 3.8) is 0 Å². The van der Waals surface area contributed by atoms with Crippen molar-refractivity contribution in [3.8, 4) is 0 Å². The third kappa shape index (κ3) is 2.16. The second-order valence-electron chi connectivity index (χ2n) is 5.68. The molecule has 2 heterocycles. The number of fused-ring (bicyclic) bond motifs is 1. The number of H-pyrrole nitrogens is 1. The number of likely N-dealkylation sites (tertiary alicyclic amines) is 1. The first-order chi connectivity index (χ1) is 9.14. The molecule has 2 aromatic rings. The Balaban J connectivity index is 2.08. The Hall–Kier alpha value is -1.03. The van der Waals surface area contributed by atoms with E-state index in [0.717, 1.165) is 36.5 Å². The summed E-state index contributed by atoms with van der Waals surface area (Å²) in [4.78, 5) is 5.73. The minimum absolute atomic E-state index is 0.0927. The SMILES string of the molecule is CN1CCC(CN)(c2c[nH]c3ccc(Cl)cc23)CC1. The third-order valence-electron chi connectivity index (χ3n) is 4.55. The maximum Gasteiger partial charge on any atom is 0.0458 e. The van der Waals surface area contributed by atoms with Crippen LogP contribution in [0.2, 0.25) is 5.02 Å². The Kier molecular flexibility index (Phi) is 3.29. The van der Waals surface area contributed by atoms with Crippen molar-refractivity contribution in [2.45, 2.75) is 18.3 Å². The fourth-order valence-corrected chi connectivity index (χ4v) is 3.33. The summed E-state index contributed by atoms with van der Waals surface area (Å²) in [5.74, 6) is 0. The first-order valence-corrected chi connectivity index (χ1v) is 7.18. The topological polar surface area (TPSA) is 45.0 Å². The van der Waals surface area contributed by atoms with E-state index in [2.05, 4.69) is 29.2 Å². The lowest BCUT2D eigenvalue weighted by Gasteiger charge is -2.40. The first kappa shape index (κ1) is 13.0. The van der Waals surface area contributed by atoms with Gasteiger partial charge in [-0.3, -0.25) is 0 Å². The standard InChI is InChI=1S/C15H20ClN3/c1-19-6-4-15(10-17,5-7-19)13-9-18-14-3-2-11(16)8-12(13)14/h2-3,8-9,18H,4-7,10,17H2,1H3. The van der Waals surface area contributed by atoms with Gasteiger partial charge in [-0.15, -0.1) is 0 Å². The molecule has 3 N–H and O–H groups in total. The number of hydrogen-bond acceptors (Lipinski definition) is 2. The summed E-state index contributed by atoms with van der Waals surface area (Å²) in [5.41, 5.74) is 8.71. The van der Waals surface area contributed by atoms with E-state index in [9.17, 15) is 0 Å². The predicted octanol–water partition coefficient (Wildman–Crippen LogP) is 2.74. The molecule has 1 aromatic carbocycles. The Morgan fingerprint density at radius 1 is 1.37 bits per heavy atom. The van der Waals surface area contributed by atoms with Gasteiger partial charge >= 0.3 is 0 Å². The van der Waals surface area contributed by atoms with Crippen LogP contribution in [0.25, 0.3) is 10.9 Å². The van der Waals surface area contributed by atoms with Gasteiger partial charge in [-0.05, 0) is 56.7 Å². The Labute approximate surface area is 118 Å². The van der Waals surface area contributed by atoms with Gasteiger partial charge in [-0.2, -0.15) is 0 Å². The minimum Gasteiger partial charge on any atom is -0.361 e. The van der Waals surface area contributed by atoms with Crippen LogP contribution < -0.4 is 5.73 Å². The monoisotopic (exact) mass is 277 g/mol. The predicted molar refractivity (Wildman–Crippen MR) is 80.8 cm³/mol. The molecule has 0 spiro atoms. The molecule has 0 bridgehead atoms. The molecule has 1 saturated heterocycles. The van der Waals surface area contributed by atoms with Gasteiger partial charge in [0.05, 0.1) is 0 Å². The van der Waals surface area contributed by atoms with E-state index in [1.54, 1.807) is 0 Å². The van der Waals surface area contributed by atoms with Crippen LogP contribution in [-0.2, 0) is 5.41 Å². The Morgan fingerprint density at radius 2 is 2.11 bits per heavy atom. The van der Waals surface area contributed by atoms with Gasteiger partial charge in [0, 0.05) is 34.1 Å². The average molecular weight is 278 g/mol. The zero-order valence-electron chi connectivity index (χ0n) is 11.2. The number of halogens is 1. The second kappa shape index (κ2) is 4.82. The quantitative estimate of drug-likeness (QED) is 0.887. The van der Waals surface area contributed by atoms with Crippen molar-refractivity contribution in [2.24, 2.45) is 5.73 Å². The molecule has 0 radical (unpaired) electrons. The maximum absolute atomic E-state index is 6.14. The summed E-state index contributed by atoms with van der Waals surface area (Å²) in [6, 6.07) is 6.02. The number of piperidine rings is 1. The van der Waals surface area contributed by atoms with E-state index in [4.69, 9.17) is 17.3 Å². The molecule has 102 valence electrons. The van der Waals surface area contributed by atoms with E-state index in [0.29, 0.717) is 6.54 Å². The molecule has 1 aliphatic heterocycles. The smallest absolute Gasteiger partial charge is 0.0458 e. The highest BCUT2D eigenvalue weighted by Crippen LogP contribution is 2.38. The largest absolute Gasteiger partial charge is 0.361 e. The summed E-state index contributed by atoms with van der Waals surface area (Å²) in [6.45, 7) is 2.90. The molecular weight excluding hydrogens is 258 g/mol. The summed E-state index contributed by atoms with van der Waals surface area (Å²) < 4.78 is 0. The van der Waals surface area contributed by atoms with Gasteiger partial charge in [-0.1, -0.05) is 11.6 Å². The fourth-order valence-electron chi connectivity index (χ4n) is 3.16. The summed E-state index contributed by atoms with van der Waals surface area (Å²) in [5, 5.41) is 2.01. The molecule has 0 amide bonds. The summed E-state index contributed by atoms with van der Waals surface area (Å²) >= 11 is 6.14. The lowest BCUT2D eigenvalue weighted by molar-refractivity contribution is 0.193. The molecule has 4 heteroatoms. The second-order valence-corrected chi connectivity index (χ2v) is 6.12. The maximum atomic E-state index is 6.14. The van der Waals surface area contributed by atoms with Crippen LogP contribution in [0, 0.1) is 0 Å². The first-order valence-electron chi connectivity index (χ1n) is 6.80. The molecule has 0 aliphatic carbocycles. The van der Waals surface area contributed by atoms with Crippen LogP contribution in [0.1, 0.15) is 18.4 Å². The molecule has 0 unspecified atom stereocenters. The van der Waals surface area contributed by atoms with Crippen LogP contribution >= 0.6 is 11.6 Å². The number of rotatable bonds is 2. The number of nitrogens with two attached hydrogens (primary N) is 1. The van der Waals surface area contributed by atoms with Gasteiger partial charge in [0.15, 0.2) is 0 Å². The molecule has 0 saturated carbocycles. The summed E-state index contributed by atoms with van der Waals surface area (Å²) in [6.07, 6.45) is 4.35. The highest BCUT2D eigenvalue weighted by Gasteiger charge is 2.35. The molecule has 1 aromatic heterocycles. The van der Waals surface area contributed by atoms with E-state index in [1.165, 1.54) is 10.9 Å². The van der Waals surface area contributed by atoms with Crippen LogP contribution in [0.15, 0.2) is 24.4 Å². The van der Waals surface area contributed by atoms with Gasteiger partial charge < -0.3 is 15.6 Å². The zero-order valence-corrected chi connectivity index (χ0v) is 12.0. The highest BCUT2D eigenvalue weighted by atomic mass is 35.5. The lowest BCUT2D eigenvalue weighted by atomic mass is 9.73. The van der Waals surface area contributed by atoms with Gasteiger partial charge in [0.2, 0.25) is 0 Å². The number of nitrogens with one attached hydrogen (secondary N) is 1. The van der Waals surface area contributed by atoms with Gasteiger partial charge in [-0.25, -0.2) is 0 Å². The lowest BCUT2D eigenvalue weighted by Crippen LogP contribution is -2.45. The average Bonchev–Trinajstić information content (AvgIpc) is 2.84. The van der Waals surface area contributed by atoms with E-state index in [-0.39, 0.29) is 5.41 Å². The number of nitrogens with zero attached hydrogens (tertiary/aromatic N) is 1. The van der Waals surface area contributed by atoms with Crippen LogP contribution in [0.4, 0.5) is 0 Å². The van der Waals surface area contributed by atoms with Crippen LogP contribution in [0.5, 0.6) is 0 Å². The van der Waals surface area contributed by atoms with Gasteiger partial charge in [0.25, 0.3) is 0 Å². The Bertz CT molecular complexity index is 582. The van der Waals surface area contributed by atoms with Crippen molar-refractivity contribution >= 4 is 22.5 Å². The Morgan fingerprint density at radius 3 is 2.79 bits per heavy atom. The van der Waals surface area contributed by atoms with Crippen molar-refractivity contribution in [1.82, 2.24) is 9.88 Å². The molecule has 1 fully saturated rings. The summed E-state index contributed by atoms with van der Waals surface area (Å²) in [7, 11) is 2.17. The van der Waals surface area contributed by atoms with Crippen molar-refractivity contribution in [2.75, 3.05) is 26.7 Å². The van der Waals surface area contributed by atoms with Crippen molar-refractivity contribution in [3.05, 3.63) is 35.0 Å². The van der Waals surface area contributed by atoms with Crippen LogP contribution in [-0.4, -0.2) is 36.6 Å². The molecule has 19 heavy (non-hydrogen) atoms. The third-order valence-corrected chi connectivity index (χ3v) is 4.79. The number of benzene rings is 1. The number of aromatic amines is 1. The molecule has 0 atom stereocenters. The molecular formula is C15H20ClN3. The van der Waals surface area contributed by atoms with Crippen LogP contribution in [0.3, 0.4) is 0 Å². The van der Waals surface area contributed by atoms with Crippen molar-refractivity contribution in [1.29, 1.82) is 0 Å². The van der Waals surface area contributed by atoms with E-state index in [1.807, 2.05) is 12.1 Å². The number of aromatic nitrogens is 1. The normalized spacial score (nSPS) is 19.9. The van der Waals surface area contributed by atoms with Crippen molar-refractivity contribution < 1.29 is 0 Å². The number of hydrogen-bond donors (Lipinski definition) is 2. The minimum atomic E-state index is 0.0927. The molecule has 1 aliphatic rings. The highest BCUT2D eigenvalue weighted by molar-refractivity contribution is 6.31.